The second-order valence-electron chi connectivity index (χ2n) is 5.46. The van der Waals surface area contributed by atoms with Crippen LogP contribution in [0.15, 0.2) is 36.8 Å². The molecule has 2 atom stereocenters. The molecule has 2 unspecified atom stereocenters. The summed E-state index contributed by atoms with van der Waals surface area (Å²) < 4.78 is 17.7. The molecule has 1 aliphatic rings. The fourth-order valence-electron chi connectivity index (χ4n) is 2.98. The summed E-state index contributed by atoms with van der Waals surface area (Å²) in [6.07, 6.45) is 1.42. The molecule has 132 valence electrons. The van der Waals surface area contributed by atoms with Crippen molar-refractivity contribution in [2.75, 3.05) is 26.1 Å². The van der Waals surface area contributed by atoms with E-state index in [4.69, 9.17) is 14.2 Å². The molecular formula is C17H20N4O4. The second-order valence-corrected chi connectivity index (χ2v) is 5.46. The number of nitrogens with one attached hydrogen (secondary N) is 1. The fraction of sp³-hybridized carbons (Fsp3) is 0.353. The van der Waals surface area contributed by atoms with Crippen molar-refractivity contribution in [3.63, 3.8) is 0 Å². The number of hydrogen-bond donors (Lipinski definition) is 1. The molecule has 1 aromatic heterocycles. The van der Waals surface area contributed by atoms with Crippen molar-refractivity contribution in [2.45, 2.75) is 13.0 Å². The van der Waals surface area contributed by atoms with E-state index >= 15 is 0 Å². The van der Waals surface area contributed by atoms with Crippen LogP contribution in [0, 0.1) is 5.92 Å². The van der Waals surface area contributed by atoms with Crippen LogP contribution in [-0.2, 0) is 9.53 Å². The van der Waals surface area contributed by atoms with E-state index in [9.17, 15) is 4.79 Å². The van der Waals surface area contributed by atoms with Crippen LogP contribution >= 0.6 is 0 Å². The Morgan fingerprint density at radius 2 is 2.16 bits per heavy atom. The number of ether oxygens (including phenoxy) is 3. The summed E-state index contributed by atoms with van der Waals surface area (Å²) in [6.45, 7) is 6.02. The van der Waals surface area contributed by atoms with E-state index in [2.05, 4.69) is 22.0 Å². The van der Waals surface area contributed by atoms with Crippen LogP contribution < -0.4 is 14.8 Å². The number of fused-ring (bicyclic) bond motifs is 1. The molecule has 0 aliphatic carbocycles. The summed E-state index contributed by atoms with van der Waals surface area (Å²) in [6, 6.07) is 4.88. The highest BCUT2D eigenvalue weighted by molar-refractivity contribution is 5.79. The van der Waals surface area contributed by atoms with E-state index in [1.54, 1.807) is 38.0 Å². The SMILES string of the molecule is C=C1Nc2ncnn2C(c2cc(OC)ccc2OC)C1C(=O)OCC. The number of hydrogen-bond acceptors (Lipinski definition) is 7. The Morgan fingerprint density at radius 3 is 2.84 bits per heavy atom. The second kappa shape index (κ2) is 6.84. The van der Waals surface area contributed by atoms with Gasteiger partial charge in [0.2, 0.25) is 5.95 Å². The van der Waals surface area contributed by atoms with Crippen LogP contribution in [0.2, 0.25) is 0 Å². The standard InChI is InChI=1S/C17H20N4O4/c1-5-25-16(22)14-10(2)20-17-18-9-19-21(17)15(14)12-8-11(23-3)6-7-13(12)24-4/h6-9,14-15H,2,5H2,1,3-4H3,(H,18,19,20). The van der Waals surface area contributed by atoms with Gasteiger partial charge in [-0.15, -0.1) is 0 Å². The number of carbonyl (C=O) groups is 1. The molecule has 0 spiro atoms. The monoisotopic (exact) mass is 344 g/mol. The van der Waals surface area contributed by atoms with Gasteiger partial charge in [0.25, 0.3) is 0 Å². The van der Waals surface area contributed by atoms with Gasteiger partial charge in [0.15, 0.2) is 0 Å². The van der Waals surface area contributed by atoms with Gasteiger partial charge in [-0.1, -0.05) is 6.58 Å². The Bertz CT molecular complexity index is 802. The number of aromatic nitrogens is 3. The van der Waals surface area contributed by atoms with Crippen molar-refractivity contribution in [2.24, 2.45) is 5.92 Å². The predicted octanol–water partition coefficient (Wildman–Crippen LogP) is 2.00. The van der Waals surface area contributed by atoms with E-state index in [1.807, 2.05) is 6.07 Å². The van der Waals surface area contributed by atoms with Crippen molar-refractivity contribution in [1.82, 2.24) is 14.8 Å². The molecule has 2 aromatic rings. The Hall–Kier alpha value is -3.03. The highest BCUT2D eigenvalue weighted by Crippen LogP contribution is 2.42. The molecule has 0 saturated heterocycles. The van der Waals surface area contributed by atoms with Crippen LogP contribution in [0.25, 0.3) is 0 Å². The quantitative estimate of drug-likeness (QED) is 0.830. The summed E-state index contributed by atoms with van der Waals surface area (Å²) in [4.78, 5) is 16.8. The average Bonchev–Trinajstić information content (AvgIpc) is 3.07. The minimum absolute atomic E-state index is 0.273. The van der Waals surface area contributed by atoms with E-state index in [0.717, 1.165) is 5.56 Å². The minimum Gasteiger partial charge on any atom is -0.497 e. The van der Waals surface area contributed by atoms with Gasteiger partial charge in [-0.25, -0.2) is 4.68 Å². The Kier molecular flexibility index (Phi) is 4.60. The molecule has 3 rings (SSSR count). The first kappa shape index (κ1) is 16.8. The molecule has 0 saturated carbocycles. The van der Waals surface area contributed by atoms with E-state index in [-0.39, 0.29) is 6.61 Å². The van der Waals surface area contributed by atoms with Crippen LogP contribution in [0.4, 0.5) is 5.95 Å². The number of carbonyl (C=O) groups excluding carboxylic acids is 1. The van der Waals surface area contributed by atoms with Gasteiger partial charge in [0.05, 0.1) is 20.8 Å². The van der Waals surface area contributed by atoms with Crippen molar-refractivity contribution in [3.8, 4) is 11.5 Å². The number of nitrogens with zero attached hydrogens (tertiary/aromatic N) is 3. The molecule has 0 bridgehead atoms. The van der Waals surface area contributed by atoms with Gasteiger partial charge >= 0.3 is 5.97 Å². The molecule has 1 aliphatic heterocycles. The Balaban J connectivity index is 2.18. The van der Waals surface area contributed by atoms with Gasteiger partial charge in [0, 0.05) is 11.3 Å². The van der Waals surface area contributed by atoms with Crippen molar-refractivity contribution in [1.29, 1.82) is 0 Å². The van der Waals surface area contributed by atoms with E-state index < -0.39 is 17.9 Å². The normalized spacial score (nSPS) is 18.9. The molecule has 8 heteroatoms. The van der Waals surface area contributed by atoms with Crippen LogP contribution in [0.5, 0.6) is 11.5 Å². The summed E-state index contributed by atoms with van der Waals surface area (Å²) in [5, 5.41) is 7.29. The largest absolute Gasteiger partial charge is 0.497 e. The van der Waals surface area contributed by atoms with E-state index in [1.165, 1.54) is 6.33 Å². The molecule has 1 N–H and O–H groups in total. The average molecular weight is 344 g/mol. The summed E-state index contributed by atoms with van der Waals surface area (Å²) in [5.41, 5.74) is 1.23. The molecule has 25 heavy (non-hydrogen) atoms. The first-order valence-corrected chi connectivity index (χ1v) is 7.84. The lowest BCUT2D eigenvalue weighted by Crippen LogP contribution is -2.38. The maximum Gasteiger partial charge on any atom is 0.317 e. The zero-order valence-corrected chi connectivity index (χ0v) is 14.4. The van der Waals surface area contributed by atoms with Crippen LogP contribution in [0.3, 0.4) is 0 Å². The lowest BCUT2D eigenvalue weighted by Gasteiger charge is -2.33. The third-order valence-electron chi connectivity index (χ3n) is 4.10. The van der Waals surface area contributed by atoms with E-state index in [0.29, 0.717) is 23.1 Å². The summed E-state index contributed by atoms with van der Waals surface area (Å²) in [7, 11) is 3.15. The van der Waals surface area contributed by atoms with Gasteiger partial charge in [-0.2, -0.15) is 10.1 Å². The van der Waals surface area contributed by atoms with Gasteiger partial charge < -0.3 is 19.5 Å². The smallest absolute Gasteiger partial charge is 0.317 e. The fourth-order valence-corrected chi connectivity index (χ4v) is 2.98. The predicted molar refractivity (Wildman–Crippen MR) is 90.6 cm³/mol. The summed E-state index contributed by atoms with van der Waals surface area (Å²) in [5.74, 6) is 0.673. The number of methoxy groups -OCH3 is 2. The van der Waals surface area contributed by atoms with Gasteiger partial charge in [-0.3, -0.25) is 4.79 Å². The zero-order chi connectivity index (χ0) is 18.0. The Morgan fingerprint density at radius 1 is 1.36 bits per heavy atom. The van der Waals surface area contributed by atoms with Crippen LogP contribution in [0.1, 0.15) is 18.5 Å². The molecule has 0 fully saturated rings. The Labute approximate surface area is 145 Å². The topological polar surface area (TPSA) is 87.5 Å². The first-order chi connectivity index (χ1) is 12.1. The molecule has 0 amide bonds. The first-order valence-electron chi connectivity index (χ1n) is 7.84. The zero-order valence-electron chi connectivity index (χ0n) is 14.4. The third-order valence-corrected chi connectivity index (χ3v) is 4.10. The maximum atomic E-state index is 12.6. The van der Waals surface area contributed by atoms with Gasteiger partial charge in [-0.05, 0) is 25.1 Å². The van der Waals surface area contributed by atoms with Crippen molar-refractivity contribution >= 4 is 11.9 Å². The number of anilines is 1. The number of esters is 1. The molecule has 2 heterocycles. The molecule has 0 radical (unpaired) electrons. The van der Waals surface area contributed by atoms with Crippen molar-refractivity contribution < 1.29 is 19.0 Å². The molecule has 8 nitrogen and oxygen atoms in total. The maximum absolute atomic E-state index is 12.6. The van der Waals surface area contributed by atoms with Gasteiger partial charge in [0.1, 0.15) is 29.8 Å². The molecule has 1 aromatic carbocycles. The van der Waals surface area contributed by atoms with Crippen molar-refractivity contribution in [3.05, 3.63) is 42.4 Å². The number of rotatable bonds is 5. The highest BCUT2D eigenvalue weighted by Gasteiger charge is 2.41. The number of benzene rings is 1. The minimum atomic E-state index is -0.685. The molecular weight excluding hydrogens is 324 g/mol. The lowest BCUT2D eigenvalue weighted by atomic mass is 9.88. The lowest BCUT2D eigenvalue weighted by molar-refractivity contribution is -0.147. The third kappa shape index (κ3) is 2.90. The summed E-state index contributed by atoms with van der Waals surface area (Å²) >= 11 is 0. The highest BCUT2D eigenvalue weighted by atomic mass is 16.5. The van der Waals surface area contributed by atoms with Crippen LogP contribution in [-0.4, -0.2) is 41.6 Å².